The number of piperazine rings is 1. The average Bonchev–Trinajstić information content (AvgIpc) is 3.18. The van der Waals surface area contributed by atoms with E-state index in [0.29, 0.717) is 38.5 Å². The Morgan fingerprint density at radius 3 is 2.50 bits per heavy atom. The van der Waals surface area contributed by atoms with Crippen LogP contribution in [-0.4, -0.2) is 68.7 Å². The normalized spacial score (nSPS) is 22.2. The van der Waals surface area contributed by atoms with Crippen molar-refractivity contribution in [3.05, 3.63) is 41.3 Å². The highest BCUT2D eigenvalue weighted by Crippen LogP contribution is 2.30. The number of pyridine rings is 1. The van der Waals surface area contributed by atoms with Gasteiger partial charge in [-0.05, 0) is 32.9 Å². The van der Waals surface area contributed by atoms with E-state index in [1.54, 1.807) is 0 Å². The molecule has 7 nitrogen and oxygen atoms in total. The van der Waals surface area contributed by atoms with Gasteiger partial charge < -0.3 is 9.80 Å². The highest BCUT2D eigenvalue weighted by molar-refractivity contribution is 5.78. The van der Waals surface area contributed by atoms with Gasteiger partial charge in [-0.25, -0.2) is 4.98 Å². The molecule has 0 aliphatic carbocycles. The first-order valence-corrected chi connectivity index (χ1v) is 11.0. The van der Waals surface area contributed by atoms with Crippen molar-refractivity contribution in [3.63, 3.8) is 0 Å². The molecule has 32 heavy (non-hydrogen) atoms. The van der Waals surface area contributed by atoms with E-state index in [-0.39, 0.29) is 18.0 Å². The molecule has 2 aliphatic heterocycles. The lowest BCUT2D eigenvalue weighted by atomic mass is 10.1. The molecule has 4 rings (SSSR count). The molecule has 1 amide bonds. The molecule has 2 unspecified atom stereocenters. The number of alkyl halides is 3. The topological polar surface area (TPSA) is 57.5 Å². The number of amides is 1. The minimum absolute atomic E-state index is 0.0648. The molecule has 1 saturated heterocycles. The third-order valence-electron chi connectivity index (χ3n) is 6.40. The summed E-state index contributed by atoms with van der Waals surface area (Å²) >= 11 is 0. The summed E-state index contributed by atoms with van der Waals surface area (Å²) in [6.07, 6.45) is -0.718. The van der Waals surface area contributed by atoms with Crippen LogP contribution in [-0.2, 0) is 30.5 Å². The standard InChI is InChI=1S/C22H29F3N6O/c1-4-30-13-17-12-28(8-7-19(17)27-30)21(32)14-31-15(2)10-29(11-16(31)3)20-6-5-18(9-26-20)22(23,24)25/h5-6,9,13,15-16H,4,7-8,10-12,14H2,1-3H3. The van der Waals surface area contributed by atoms with Crippen LogP contribution in [0.3, 0.4) is 0 Å². The van der Waals surface area contributed by atoms with Gasteiger partial charge in [-0.3, -0.25) is 14.4 Å². The molecule has 2 aromatic rings. The Morgan fingerprint density at radius 2 is 1.91 bits per heavy atom. The highest BCUT2D eigenvalue weighted by Gasteiger charge is 2.34. The van der Waals surface area contributed by atoms with Crippen LogP contribution in [0.15, 0.2) is 24.5 Å². The van der Waals surface area contributed by atoms with E-state index in [1.165, 1.54) is 6.07 Å². The third kappa shape index (κ3) is 4.60. The molecular weight excluding hydrogens is 421 g/mol. The van der Waals surface area contributed by atoms with Crippen molar-refractivity contribution in [2.75, 3.05) is 31.1 Å². The quantitative estimate of drug-likeness (QED) is 0.717. The molecule has 0 spiro atoms. The second kappa shape index (κ2) is 8.73. The van der Waals surface area contributed by atoms with Gasteiger partial charge in [-0.2, -0.15) is 18.3 Å². The number of hydrogen-bond acceptors (Lipinski definition) is 5. The maximum atomic E-state index is 13.1. The van der Waals surface area contributed by atoms with Crippen molar-refractivity contribution in [2.24, 2.45) is 0 Å². The summed E-state index contributed by atoms with van der Waals surface area (Å²) in [6, 6.07) is 2.62. The van der Waals surface area contributed by atoms with Crippen LogP contribution in [0.2, 0.25) is 0 Å². The second-order valence-corrected chi connectivity index (χ2v) is 8.70. The predicted molar refractivity (Wildman–Crippen MR) is 114 cm³/mol. The summed E-state index contributed by atoms with van der Waals surface area (Å²) in [5.74, 6) is 0.624. The summed E-state index contributed by atoms with van der Waals surface area (Å²) < 4.78 is 40.4. The van der Waals surface area contributed by atoms with Gasteiger partial charge in [0.15, 0.2) is 0 Å². The molecule has 4 heterocycles. The van der Waals surface area contributed by atoms with Gasteiger partial charge in [0.2, 0.25) is 5.91 Å². The molecule has 10 heteroatoms. The Labute approximate surface area is 185 Å². The van der Waals surface area contributed by atoms with Crippen LogP contribution in [0.5, 0.6) is 0 Å². The van der Waals surface area contributed by atoms with Crippen LogP contribution in [0.25, 0.3) is 0 Å². The summed E-state index contributed by atoms with van der Waals surface area (Å²) in [5.41, 5.74) is 1.45. The van der Waals surface area contributed by atoms with Crippen molar-refractivity contribution in [3.8, 4) is 0 Å². The first kappa shape index (κ1) is 22.6. The van der Waals surface area contributed by atoms with E-state index in [4.69, 9.17) is 0 Å². The molecule has 1 fully saturated rings. The zero-order chi connectivity index (χ0) is 23.0. The second-order valence-electron chi connectivity index (χ2n) is 8.70. The summed E-state index contributed by atoms with van der Waals surface area (Å²) in [4.78, 5) is 23.1. The lowest BCUT2D eigenvalue weighted by Gasteiger charge is -2.45. The van der Waals surface area contributed by atoms with Crippen molar-refractivity contribution in [1.82, 2.24) is 24.6 Å². The molecule has 0 saturated carbocycles. The van der Waals surface area contributed by atoms with Gasteiger partial charge >= 0.3 is 6.18 Å². The SMILES string of the molecule is CCn1cc2c(n1)CCN(C(=O)CN1C(C)CN(c3ccc(C(F)(F)F)cn3)CC1C)C2. The number of aryl methyl sites for hydroxylation is 1. The number of fused-ring (bicyclic) bond motifs is 1. The highest BCUT2D eigenvalue weighted by atomic mass is 19.4. The molecule has 0 radical (unpaired) electrons. The number of aromatic nitrogens is 3. The number of anilines is 1. The van der Waals surface area contributed by atoms with E-state index in [2.05, 4.69) is 15.0 Å². The van der Waals surface area contributed by atoms with Crippen LogP contribution < -0.4 is 4.90 Å². The number of hydrogen-bond donors (Lipinski definition) is 0. The fourth-order valence-corrected chi connectivity index (χ4v) is 4.60. The van der Waals surface area contributed by atoms with Crippen LogP contribution >= 0.6 is 0 Å². The van der Waals surface area contributed by atoms with Gasteiger partial charge in [0.05, 0.1) is 17.8 Å². The molecular formula is C22H29F3N6O. The number of rotatable bonds is 4. The van der Waals surface area contributed by atoms with Crippen LogP contribution in [0.1, 0.15) is 37.6 Å². The van der Waals surface area contributed by atoms with Crippen molar-refractivity contribution >= 4 is 11.7 Å². The molecule has 0 N–H and O–H groups in total. The Bertz CT molecular complexity index is 946. The Morgan fingerprint density at radius 1 is 1.19 bits per heavy atom. The number of carbonyl (C=O) groups is 1. The number of nitrogens with zero attached hydrogens (tertiary/aromatic N) is 6. The first-order valence-electron chi connectivity index (χ1n) is 11.0. The van der Waals surface area contributed by atoms with E-state index in [9.17, 15) is 18.0 Å². The fourth-order valence-electron chi connectivity index (χ4n) is 4.60. The zero-order valence-electron chi connectivity index (χ0n) is 18.6. The molecule has 174 valence electrons. The molecule has 2 aromatic heterocycles. The maximum Gasteiger partial charge on any atom is 0.417 e. The Balaban J connectivity index is 1.37. The van der Waals surface area contributed by atoms with Crippen molar-refractivity contribution in [2.45, 2.75) is 58.5 Å². The van der Waals surface area contributed by atoms with Gasteiger partial charge in [0.1, 0.15) is 5.82 Å². The van der Waals surface area contributed by atoms with E-state index in [1.807, 2.05) is 41.4 Å². The smallest absolute Gasteiger partial charge is 0.354 e. The maximum absolute atomic E-state index is 13.1. The summed E-state index contributed by atoms with van der Waals surface area (Å²) in [6.45, 7) is 9.73. The molecule has 2 atom stereocenters. The van der Waals surface area contributed by atoms with E-state index in [0.717, 1.165) is 36.5 Å². The predicted octanol–water partition coefficient (Wildman–Crippen LogP) is 2.80. The van der Waals surface area contributed by atoms with E-state index >= 15 is 0 Å². The third-order valence-corrected chi connectivity index (χ3v) is 6.40. The monoisotopic (exact) mass is 450 g/mol. The first-order chi connectivity index (χ1) is 15.2. The largest absolute Gasteiger partial charge is 0.417 e. The number of halogens is 3. The van der Waals surface area contributed by atoms with Gasteiger partial charge in [-0.1, -0.05) is 0 Å². The van der Waals surface area contributed by atoms with Crippen LogP contribution in [0, 0.1) is 0 Å². The Hall–Kier alpha value is -2.62. The van der Waals surface area contributed by atoms with Gasteiger partial charge in [0, 0.05) is 69.2 Å². The Kier molecular flexibility index (Phi) is 6.15. The average molecular weight is 451 g/mol. The van der Waals surface area contributed by atoms with Crippen LogP contribution in [0.4, 0.5) is 19.0 Å². The van der Waals surface area contributed by atoms with Gasteiger partial charge in [-0.15, -0.1) is 0 Å². The lowest BCUT2D eigenvalue weighted by Crippen LogP contribution is -2.59. The van der Waals surface area contributed by atoms with E-state index < -0.39 is 11.7 Å². The fraction of sp³-hybridized carbons (Fsp3) is 0.591. The summed E-state index contributed by atoms with van der Waals surface area (Å²) in [5, 5.41) is 4.55. The summed E-state index contributed by atoms with van der Waals surface area (Å²) in [7, 11) is 0. The minimum Gasteiger partial charge on any atom is -0.354 e. The number of carbonyl (C=O) groups excluding carboxylic acids is 1. The molecule has 0 bridgehead atoms. The molecule has 0 aromatic carbocycles. The lowest BCUT2D eigenvalue weighted by molar-refractivity contribution is -0.138. The van der Waals surface area contributed by atoms with Gasteiger partial charge in [0.25, 0.3) is 0 Å². The minimum atomic E-state index is -4.39. The van der Waals surface area contributed by atoms with Crippen molar-refractivity contribution < 1.29 is 18.0 Å². The zero-order valence-corrected chi connectivity index (χ0v) is 18.6. The molecule has 2 aliphatic rings. The van der Waals surface area contributed by atoms with Crippen molar-refractivity contribution in [1.29, 1.82) is 0 Å².